The van der Waals surface area contributed by atoms with Crippen LogP contribution in [0.1, 0.15) is 93.2 Å². The monoisotopic (exact) mass is 450 g/mol. The highest BCUT2D eigenvalue weighted by atomic mass is 15.5. The molecule has 1 N–H and O–H groups in total. The second-order valence-electron chi connectivity index (χ2n) is 10.3. The van der Waals surface area contributed by atoms with E-state index in [1.807, 2.05) is 0 Å². The van der Waals surface area contributed by atoms with Gasteiger partial charge in [-0.3, -0.25) is 10.4 Å². The molecular formula is C32H38N2. The highest BCUT2D eigenvalue weighted by molar-refractivity contribution is 5.58. The average molecular weight is 451 g/mol. The predicted octanol–water partition coefficient (Wildman–Crippen LogP) is 8.72. The maximum atomic E-state index is 3.65. The zero-order valence-corrected chi connectivity index (χ0v) is 21.4. The molecule has 34 heavy (non-hydrogen) atoms. The Hall–Kier alpha value is -3.26. The lowest BCUT2D eigenvalue weighted by molar-refractivity contribution is 0.708. The molecule has 0 fully saturated rings. The Morgan fingerprint density at radius 3 is 1.59 bits per heavy atom. The van der Waals surface area contributed by atoms with Crippen LogP contribution in [-0.2, 0) is 0 Å². The van der Waals surface area contributed by atoms with Gasteiger partial charge in [0.1, 0.15) is 0 Å². The molecule has 4 rings (SSSR count). The van der Waals surface area contributed by atoms with Crippen LogP contribution in [0.5, 0.6) is 0 Å². The van der Waals surface area contributed by atoms with E-state index in [9.17, 15) is 0 Å². The minimum absolute atomic E-state index is 0.133. The van der Waals surface area contributed by atoms with Crippen LogP contribution < -0.4 is 10.4 Å². The predicted molar refractivity (Wildman–Crippen MR) is 147 cm³/mol. The first-order valence-electron chi connectivity index (χ1n) is 12.6. The van der Waals surface area contributed by atoms with Crippen molar-refractivity contribution >= 4 is 11.8 Å². The molecule has 1 unspecified atom stereocenters. The van der Waals surface area contributed by atoms with Crippen molar-refractivity contribution in [1.82, 2.24) is 5.43 Å². The summed E-state index contributed by atoms with van der Waals surface area (Å²) in [6, 6.07) is 27.0. The van der Waals surface area contributed by atoms with Gasteiger partial charge in [0.2, 0.25) is 0 Å². The lowest BCUT2D eigenvalue weighted by atomic mass is 9.98. The number of rotatable bonds is 7. The number of hydrogen-bond acceptors (Lipinski definition) is 2. The first kappa shape index (κ1) is 23.9. The van der Waals surface area contributed by atoms with Crippen LogP contribution in [0.15, 0.2) is 90.6 Å². The van der Waals surface area contributed by atoms with Crippen LogP contribution in [0, 0.1) is 0 Å². The Labute approximate surface area is 206 Å². The Balaban J connectivity index is 1.61. The SMILES string of the molecule is CC(C)c1ccc(C=CC2=CC(c3ccc(C(C)C)cc3)N(c3ccc(C(C)C)cc3)N2)cc1. The molecule has 3 aromatic rings. The number of hydrazine groups is 1. The molecule has 176 valence electrons. The van der Waals surface area contributed by atoms with Crippen molar-refractivity contribution in [2.45, 2.75) is 65.3 Å². The van der Waals surface area contributed by atoms with Crippen molar-refractivity contribution < 1.29 is 0 Å². The third kappa shape index (κ3) is 5.44. The van der Waals surface area contributed by atoms with E-state index in [4.69, 9.17) is 0 Å². The minimum Gasteiger partial charge on any atom is -0.298 e. The molecule has 1 atom stereocenters. The minimum atomic E-state index is 0.133. The highest BCUT2D eigenvalue weighted by Gasteiger charge is 2.25. The van der Waals surface area contributed by atoms with Crippen molar-refractivity contribution in [3.63, 3.8) is 0 Å². The van der Waals surface area contributed by atoms with Gasteiger partial charge in [0.15, 0.2) is 0 Å². The van der Waals surface area contributed by atoms with Gasteiger partial charge in [0.25, 0.3) is 0 Å². The normalized spacial score (nSPS) is 16.1. The first-order chi connectivity index (χ1) is 16.3. The fourth-order valence-electron chi connectivity index (χ4n) is 4.33. The fourth-order valence-corrected chi connectivity index (χ4v) is 4.33. The number of allylic oxidation sites excluding steroid dienone is 1. The third-order valence-electron chi connectivity index (χ3n) is 6.71. The smallest absolute Gasteiger partial charge is 0.0958 e. The van der Waals surface area contributed by atoms with E-state index in [-0.39, 0.29) is 6.04 Å². The van der Waals surface area contributed by atoms with Gasteiger partial charge in [-0.2, -0.15) is 0 Å². The van der Waals surface area contributed by atoms with Gasteiger partial charge in [-0.15, -0.1) is 0 Å². The van der Waals surface area contributed by atoms with E-state index < -0.39 is 0 Å². The van der Waals surface area contributed by atoms with Gasteiger partial charge in [-0.1, -0.05) is 108 Å². The molecule has 0 amide bonds. The van der Waals surface area contributed by atoms with Gasteiger partial charge >= 0.3 is 0 Å². The Bertz CT molecular complexity index is 1130. The molecule has 3 aromatic carbocycles. The molecule has 0 spiro atoms. The van der Waals surface area contributed by atoms with Crippen LogP contribution in [0.25, 0.3) is 6.08 Å². The van der Waals surface area contributed by atoms with Gasteiger partial charge < -0.3 is 0 Å². The lowest BCUT2D eigenvalue weighted by Gasteiger charge is -2.28. The van der Waals surface area contributed by atoms with E-state index in [2.05, 4.69) is 143 Å². The zero-order valence-electron chi connectivity index (χ0n) is 21.4. The van der Waals surface area contributed by atoms with E-state index in [1.165, 1.54) is 33.5 Å². The molecule has 0 aliphatic carbocycles. The van der Waals surface area contributed by atoms with Gasteiger partial charge in [0, 0.05) is 0 Å². The van der Waals surface area contributed by atoms with Gasteiger partial charge in [0.05, 0.1) is 17.4 Å². The lowest BCUT2D eigenvalue weighted by Crippen LogP contribution is -2.34. The molecule has 0 saturated carbocycles. The summed E-state index contributed by atoms with van der Waals surface area (Å²) in [4.78, 5) is 0. The van der Waals surface area contributed by atoms with E-state index >= 15 is 0 Å². The van der Waals surface area contributed by atoms with Crippen LogP contribution >= 0.6 is 0 Å². The summed E-state index contributed by atoms with van der Waals surface area (Å²) in [6.07, 6.45) is 6.69. The Kier molecular flexibility index (Phi) is 7.26. The molecule has 1 aliphatic heterocycles. The Morgan fingerprint density at radius 1 is 0.618 bits per heavy atom. The second-order valence-corrected chi connectivity index (χ2v) is 10.3. The number of hydrogen-bond donors (Lipinski definition) is 1. The second kappa shape index (κ2) is 10.3. The summed E-state index contributed by atoms with van der Waals surface area (Å²) < 4.78 is 0. The third-order valence-corrected chi connectivity index (χ3v) is 6.71. The van der Waals surface area contributed by atoms with Crippen LogP contribution in [0.4, 0.5) is 5.69 Å². The maximum absolute atomic E-state index is 3.65. The fraction of sp³-hybridized carbons (Fsp3) is 0.312. The van der Waals surface area contributed by atoms with Crippen molar-refractivity contribution in [3.05, 3.63) is 118 Å². The van der Waals surface area contributed by atoms with Crippen molar-refractivity contribution in [3.8, 4) is 0 Å². The average Bonchev–Trinajstić information content (AvgIpc) is 3.27. The summed E-state index contributed by atoms with van der Waals surface area (Å²) in [5, 5.41) is 2.27. The van der Waals surface area contributed by atoms with E-state index in [0.717, 1.165) is 5.70 Å². The highest BCUT2D eigenvalue weighted by Crippen LogP contribution is 2.34. The summed E-state index contributed by atoms with van der Waals surface area (Å²) >= 11 is 0. The molecule has 2 nitrogen and oxygen atoms in total. The summed E-state index contributed by atoms with van der Waals surface area (Å²) in [6.45, 7) is 13.4. The van der Waals surface area contributed by atoms with Crippen LogP contribution in [0.2, 0.25) is 0 Å². The number of anilines is 1. The molecule has 0 radical (unpaired) electrons. The quantitative estimate of drug-likeness (QED) is 0.387. The van der Waals surface area contributed by atoms with Crippen LogP contribution in [0.3, 0.4) is 0 Å². The summed E-state index contributed by atoms with van der Waals surface area (Å²) in [7, 11) is 0. The molecule has 1 heterocycles. The molecule has 0 bridgehead atoms. The van der Waals surface area contributed by atoms with E-state index in [1.54, 1.807) is 0 Å². The van der Waals surface area contributed by atoms with Crippen molar-refractivity contribution in [2.75, 3.05) is 5.01 Å². The zero-order chi connectivity index (χ0) is 24.2. The van der Waals surface area contributed by atoms with Crippen molar-refractivity contribution in [1.29, 1.82) is 0 Å². The van der Waals surface area contributed by atoms with Gasteiger partial charge in [-0.25, -0.2) is 0 Å². The standard InChI is InChI=1S/C32H38N2/c1-22(2)26-10-7-25(8-11-26)9-18-30-21-32(29-14-12-27(13-15-29)23(3)4)34(33-30)31-19-16-28(17-20-31)24(5)6/h7-24,32-33H,1-6H3. The molecular weight excluding hydrogens is 412 g/mol. The number of nitrogens with one attached hydrogen (secondary N) is 1. The van der Waals surface area contributed by atoms with E-state index in [0.29, 0.717) is 17.8 Å². The summed E-state index contributed by atoms with van der Waals surface area (Å²) in [5.41, 5.74) is 12.5. The number of benzene rings is 3. The van der Waals surface area contributed by atoms with Crippen LogP contribution in [-0.4, -0.2) is 0 Å². The Morgan fingerprint density at radius 2 is 1.09 bits per heavy atom. The molecule has 2 heteroatoms. The van der Waals surface area contributed by atoms with Crippen molar-refractivity contribution in [2.24, 2.45) is 0 Å². The largest absolute Gasteiger partial charge is 0.298 e. The van der Waals surface area contributed by atoms with Gasteiger partial charge in [-0.05, 0) is 69.9 Å². The summed E-state index contributed by atoms with van der Waals surface area (Å²) in [5.74, 6) is 1.61. The molecule has 0 aromatic heterocycles. The molecule has 0 saturated heterocycles. The molecule has 1 aliphatic rings. The first-order valence-corrected chi connectivity index (χ1v) is 12.6. The topological polar surface area (TPSA) is 15.3 Å². The maximum Gasteiger partial charge on any atom is 0.0958 e. The number of nitrogens with zero attached hydrogens (tertiary/aromatic N) is 1.